The quantitative estimate of drug-likeness (QED) is 0.177. The van der Waals surface area contributed by atoms with Crippen molar-refractivity contribution in [2.24, 2.45) is 0 Å². The van der Waals surface area contributed by atoms with Gasteiger partial charge in [0.2, 0.25) is 0 Å². The first-order chi connectivity index (χ1) is 28.3. The Labute approximate surface area is 326 Å². The van der Waals surface area contributed by atoms with E-state index in [2.05, 4.69) is 137 Å². The number of rotatable bonds is 5. The second kappa shape index (κ2) is 12.3. The normalized spacial score (nSPS) is 11.9. The van der Waals surface area contributed by atoms with E-state index >= 15 is 0 Å². The fraction of sp³-hybridized carbons (Fsp3) is 0. The van der Waals surface area contributed by atoms with E-state index in [1.54, 1.807) is 0 Å². The van der Waals surface area contributed by atoms with Gasteiger partial charge in [0, 0.05) is 43.9 Å². The van der Waals surface area contributed by atoms with E-state index in [0.717, 1.165) is 71.8 Å². The zero-order valence-corrected chi connectivity index (χ0v) is 30.5. The van der Waals surface area contributed by atoms with E-state index in [4.69, 9.17) is 19.4 Å². The van der Waals surface area contributed by atoms with Crippen LogP contribution in [0, 0.1) is 0 Å². The van der Waals surface area contributed by atoms with Crippen molar-refractivity contribution in [2.45, 2.75) is 0 Å². The van der Waals surface area contributed by atoms with Crippen LogP contribution in [-0.2, 0) is 0 Å². The smallest absolute Gasteiger partial charge is 0.164 e. The fourth-order valence-electron chi connectivity index (χ4n) is 8.67. The topological polar surface area (TPSA) is 61.7 Å². The number of hydrogen-bond acceptors (Lipinski definition) is 4. The Balaban J connectivity index is 1.13. The highest BCUT2D eigenvalue weighted by Gasteiger charge is 2.23. The first-order valence-corrected chi connectivity index (χ1v) is 19.1. The summed E-state index contributed by atoms with van der Waals surface area (Å²) >= 11 is 0. The van der Waals surface area contributed by atoms with Crippen LogP contribution >= 0.6 is 0 Å². The minimum Gasteiger partial charge on any atom is -0.455 e. The van der Waals surface area contributed by atoms with Gasteiger partial charge in [-0.25, -0.2) is 15.0 Å². The summed E-state index contributed by atoms with van der Waals surface area (Å²) in [6.45, 7) is 0. The molecule has 0 amide bonds. The van der Waals surface area contributed by atoms with Crippen LogP contribution in [0.25, 0.3) is 111 Å². The Kier molecular flexibility index (Phi) is 6.83. The molecule has 0 atom stereocenters. The Hall–Kier alpha value is -7.83. The molecule has 4 aromatic heterocycles. The van der Waals surface area contributed by atoms with E-state index in [9.17, 15) is 0 Å². The van der Waals surface area contributed by atoms with E-state index in [0.29, 0.717) is 17.5 Å². The van der Waals surface area contributed by atoms with E-state index in [1.165, 1.54) is 21.8 Å². The molecule has 0 unspecified atom stereocenters. The molecule has 0 aliphatic rings. The zero-order chi connectivity index (χ0) is 37.5. The molecule has 0 aliphatic heterocycles. The van der Waals surface area contributed by atoms with Crippen molar-refractivity contribution < 1.29 is 4.42 Å². The van der Waals surface area contributed by atoms with E-state index < -0.39 is 0 Å². The summed E-state index contributed by atoms with van der Waals surface area (Å²) < 4.78 is 11.7. The number of benzene rings is 8. The maximum absolute atomic E-state index is 6.97. The van der Waals surface area contributed by atoms with E-state index in [1.807, 2.05) is 60.7 Å². The molecular weight excluding hydrogens is 699 g/mol. The number of fused-ring (bicyclic) bond motifs is 10. The molecule has 12 rings (SSSR count). The summed E-state index contributed by atoms with van der Waals surface area (Å²) in [7, 11) is 0. The lowest BCUT2D eigenvalue weighted by Crippen LogP contribution is -2.00. The number of furan rings is 1. The third kappa shape index (κ3) is 4.81. The summed E-state index contributed by atoms with van der Waals surface area (Å²) in [4.78, 5) is 15.1. The van der Waals surface area contributed by atoms with Gasteiger partial charge in [-0.2, -0.15) is 0 Å². The number of nitrogens with zero attached hydrogens (tertiary/aromatic N) is 5. The summed E-state index contributed by atoms with van der Waals surface area (Å²) in [5.74, 6) is 1.87. The third-order valence-corrected chi connectivity index (χ3v) is 11.2. The van der Waals surface area contributed by atoms with Gasteiger partial charge in [0.15, 0.2) is 17.5 Å². The molecule has 266 valence electrons. The SMILES string of the molecule is c1ccc(-c2nc(-c3ccccc3)nc(-c3ccc4c5c6oc7cccc(-n8c9ccccc9c9ccccc98)c7c6ccc5n(-c5ccccc5)c4c3)n2)cc1. The monoisotopic (exact) mass is 729 g/mol. The largest absolute Gasteiger partial charge is 0.455 e. The van der Waals surface area contributed by atoms with Crippen molar-refractivity contribution in [1.82, 2.24) is 24.1 Å². The van der Waals surface area contributed by atoms with Crippen LogP contribution in [0.15, 0.2) is 192 Å². The Morgan fingerprint density at radius 2 is 0.912 bits per heavy atom. The molecule has 12 aromatic rings. The highest BCUT2D eigenvalue weighted by atomic mass is 16.3. The molecule has 4 heterocycles. The number of hydrogen-bond donors (Lipinski definition) is 0. The lowest BCUT2D eigenvalue weighted by molar-refractivity contribution is 0.673. The first-order valence-electron chi connectivity index (χ1n) is 19.1. The van der Waals surface area contributed by atoms with Gasteiger partial charge in [-0.05, 0) is 54.6 Å². The molecular formula is C51H31N5O. The van der Waals surface area contributed by atoms with E-state index in [-0.39, 0.29) is 0 Å². The second-order valence-corrected chi connectivity index (χ2v) is 14.4. The van der Waals surface area contributed by atoms with Crippen molar-refractivity contribution in [2.75, 3.05) is 0 Å². The van der Waals surface area contributed by atoms with Crippen molar-refractivity contribution in [3.63, 3.8) is 0 Å². The Morgan fingerprint density at radius 3 is 1.56 bits per heavy atom. The molecule has 0 saturated heterocycles. The van der Waals surface area contributed by atoms with Crippen LogP contribution < -0.4 is 0 Å². The average molecular weight is 730 g/mol. The predicted molar refractivity (Wildman–Crippen MR) is 232 cm³/mol. The van der Waals surface area contributed by atoms with Gasteiger partial charge in [0.25, 0.3) is 0 Å². The minimum absolute atomic E-state index is 0.610. The van der Waals surface area contributed by atoms with Crippen LogP contribution in [0.4, 0.5) is 0 Å². The number of para-hydroxylation sites is 3. The van der Waals surface area contributed by atoms with Crippen LogP contribution in [0.3, 0.4) is 0 Å². The van der Waals surface area contributed by atoms with Crippen molar-refractivity contribution in [3.05, 3.63) is 188 Å². The average Bonchev–Trinajstić information content (AvgIpc) is 3.95. The van der Waals surface area contributed by atoms with Crippen LogP contribution in [-0.4, -0.2) is 24.1 Å². The van der Waals surface area contributed by atoms with Crippen LogP contribution in [0.2, 0.25) is 0 Å². The van der Waals surface area contributed by atoms with Gasteiger partial charge >= 0.3 is 0 Å². The van der Waals surface area contributed by atoms with Gasteiger partial charge < -0.3 is 13.6 Å². The molecule has 57 heavy (non-hydrogen) atoms. The molecule has 0 saturated carbocycles. The van der Waals surface area contributed by atoms with Gasteiger partial charge in [0.1, 0.15) is 11.2 Å². The second-order valence-electron chi connectivity index (χ2n) is 14.4. The molecule has 0 fully saturated rings. The molecule has 6 nitrogen and oxygen atoms in total. The van der Waals surface area contributed by atoms with Gasteiger partial charge in [-0.3, -0.25) is 0 Å². The minimum atomic E-state index is 0.610. The molecule has 6 heteroatoms. The summed E-state index contributed by atoms with van der Waals surface area (Å²) in [5, 5.41) is 6.77. The molecule has 0 spiro atoms. The van der Waals surface area contributed by atoms with Gasteiger partial charge in [-0.15, -0.1) is 0 Å². The maximum Gasteiger partial charge on any atom is 0.164 e. The van der Waals surface area contributed by atoms with Crippen LogP contribution in [0.5, 0.6) is 0 Å². The molecule has 0 N–H and O–H groups in total. The molecule has 0 aliphatic carbocycles. The Bertz CT molecular complexity index is 3400. The standard InChI is InChI=1S/C51H31N5O/c1-4-15-32(16-5-1)49-52-50(33-17-6-2-7-18-33)54-51(53-49)34-27-28-38-44(31-34)55(35-19-8-3-9-20-35)43-30-29-39-46-42(25-14-26-45(46)57-48(39)47(38)43)56-40-23-12-10-21-36(40)37-22-11-13-24-41(37)56/h1-31H. The third-order valence-electron chi connectivity index (χ3n) is 11.2. The Morgan fingerprint density at radius 1 is 0.351 bits per heavy atom. The summed E-state index contributed by atoms with van der Waals surface area (Å²) in [6.07, 6.45) is 0. The molecule has 0 bridgehead atoms. The lowest BCUT2D eigenvalue weighted by atomic mass is 10.1. The van der Waals surface area contributed by atoms with Gasteiger partial charge in [-0.1, -0.05) is 133 Å². The zero-order valence-electron chi connectivity index (χ0n) is 30.5. The lowest BCUT2D eigenvalue weighted by Gasteiger charge is -2.10. The molecule has 0 radical (unpaired) electrons. The van der Waals surface area contributed by atoms with Crippen LogP contribution in [0.1, 0.15) is 0 Å². The highest BCUT2D eigenvalue weighted by Crippen LogP contribution is 2.44. The summed E-state index contributed by atoms with van der Waals surface area (Å²) in [5.41, 5.74) is 11.1. The fourth-order valence-corrected chi connectivity index (χ4v) is 8.67. The highest BCUT2D eigenvalue weighted by molar-refractivity contribution is 6.25. The van der Waals surface area contributed by atoms with Crippen molar-refractivity contribution in [3.8, 4) is 45.5 Å². The van der Waals surface area contributed by atoms with Gasteiger partial charge in [0.05, 0.1) is 38.5 Å². The number of aromatic nitrogens is 5. The molecule has 8 aromatic carbocycles. The maximum atomic E-state index is 6.97. The summed E-state index contributed by atoms with van der Waals surface area (Å²) in [6, 6.07) is 65.4. The van der Waals surface area contributed by atoms with Crippen molar-refractivity contribution in [1.29, 1.82) is 0 Å². The first kappa shape index (κ1) is 31.5. The predicted octanol–water partition coefficient (Wildman–Crippen LogP) is 13.0. The van der Waals surface area contributed by atoms with Crippen molar-refractivity contribution >= 4 is 65.6 Å².